The van der Waals surface area contributed by atoms with Crippen LogP contribution in [0.5, 0.6) is 0 Å². The normalized spacial score (nSPS) is 11.7. The van der Waals surface area contributed by atoms with E-state index in [1.54, 1.807) is 0 Å². The summed E-state index contributed by atoms with van der Waals surface area (Å²) in [5.41, 5.74) is 10.4. The van der Waals surface area contributed by atoms with Gasteiger partial charge in [0.05, 0.1) is 27.8 Å². The summed E-state index contributed by atoms with van der Waals surface area (Å²) in [4.78, 5) is 2.42. The molecule has 8 aromatic carbocycles. The van der Waals surface area contributed by atoms with Gasteiger partial charge in [-0.3, -0.25) is 0 Å². The van der Waals surface area contributed by atoms with Crippen LogP contribution in [0.2, 0.25) is 0 Å². The van der Waals surface area contributed by atoms with Crippen molar-refractivity contribution in [1.82, 2.24) is 9.13 Å². The first kappa shape index (κ1) is 27.5. The van der Waals surface area contributed by atoms with Crippen LogP contribution in [0.1, 0.15) is 0 Å². The summed E-state index contributed by atoms with van der Waals surface area (Å²) < 4.78 is 4.77. The topological polar surface area (TPSA) is 13.1 Å². The van der Waals surface area contributed by atoms with Crippen LogP contribution in [0.3, 0.4) is 0 Å². The monoisotopic (exact) mass is 625 g/mol. The van der Waals surface area contributed by atoms with Crippen LogP contribution in [0, 0.1) is 0 Å². The summed E-state index contributed by atoms with van der Waals surface area (Å²) >= 11 is 0. The molecule has 0 bridgehead atoms. The molecule has 0 unspecified atom stereocenters. The van der Waals surface area contributed by atoms with Crippen molar-refractivity contribution in [3.8, 4) is 11.4 Å². The molecule has 0 spiro atoms. The summed E-state index contributed by atoms with van der Waals surface area (Å²) in [6.07, 6.45) is 0. The standard InChI is InChI=1S/C46H31N3/c1-2-16-33(17-3-1)48-45-26-11-8-23-40(45)41-31-36(28-29-46(41)48)47(42-27-12-15-32-14-4-5-20-37(32)42)34-18-13-19-35(30-34)49-43-24-9-6-21-38(43)39-22-7-10-25-44(39)49/h1-31H. The molecule has 2 heterocycles. The van der Waals surface area contributed by atoms with Crippen LogP contribution < -0.4 is 4.90 Å². The van der Waals surface area contributed by atoms with E-state index in [2.05, 4.69) is 202 Å². The van der Waals surface area contributed by atoms with Gasteiger partial charge in [-0.2, -0.15) is 0 Å². The van der Waals surface area contributed by atoms with E-state index in [1.807, 2.05) is 0 Å². The third kappa shape index (κ3) is 4.29. The summed E-state index contributed by atoms with van der Waals surface area (Å²) in [7, 11) is 0. The fourth-order valence-corrected chi connectivity index (χ4v) is 7.76. The minimum absolute atomic E-state index is 1.10. The second-order valence-electron chi connectivity index (χ2n) is 12.6. The zero-order valence-corrected chi connectivity index (χ0v) is 26.7. The van der Waals surface area contributed by atoms with Gasteiger partial charge in [0.1, 0.15) is 0 Å². The maximum atomic E-state index is 2.42. The van der Waals surface area contributed by atoms with E-state index in [4.69, 9.17) is 0 Å². The molecule has 10 aromatic rings. The predicted molar refractivity (Wildman–Crippen MR) is 207 cm³/mol. The molecule has 230 valence electrons. The number of fused-ring (bicyclic) bond motifs is 7. The van der Waals surface area contributed by atoms with E-state index >= 15 is 0 Å². The second kappa shape index (κ2) is 11.0. The zero-order chi connectivity index (χ0) is 32.3. The molecule has 0 saturated carbocycles. The SMILES string of the molecule is c1ccc(-n2c3ccccc3c3cc(N(c4cccc(-n5c6ccccc6c6ccccc65)c4)c4cccc5ccccc45)ccc32)cc1. The molecule has 0 aliphatic heterocycles. The van der Waals surface area contributed by atoms with Crippen LogP contribution in [0.4, 0.5) is 17.1 Å². The minimum Gasteiger partial charge on any atom is -0.310 e. The van der Waals surface area contributed by atoms with E-state index < -0.39 is 0 Å². The molecule has 0 aliphatic rings. The lowest BCUT2D eigenvalue weighted by molar-refractivity contribution is 1.17. The van der Waals surface area contributed by atoms with Gasteiger partial charge in [0, 0.05) is 49.7 Å². The highest BCUT2D eigenvalue weighted by Gasteiger charge is 2.20. The number of hydrogen-bond acceptors (Lipinski definition) is 1. The molecule has 0 fully saturated rings. The molecule has 2 aromatic heterocycles. The second-order valence-corrected chi connectivity index (χ2v) is 12.6. The molecule has 0 N–H and O–H groups in total. The third-order valence-corrected chi connectivity index (χ3v) is 9.86. The van der Waals surface area contributed by atoms with Gasteiger partial charge in [-0.1, -0.05) is 115 Å². The minimum atomic E-state index is 1.10. The van der Waals surface area contributed by atoms with E-state index in [-0.39, 0.29) is 0 Å². The predicted octanol–water partition coefficient (Wildman–Crippen LogP) is 12.5. The molecule has 10 rings (SSSR count). The molecular weight excluding hydrogens is 595 g/mol. The lowest BCUT2D eigenvalue weighted by atomic mass is 10.1. The zero-order valence-electron chi connectivity index (χ0n) is 26.7. The third-order valence-electron chi connectivity index (χ3n) is 9.86. The van der Waals surface area contributed by atoms with Crippen LogP contribution in [0.15, 0.2) is 188 Å². The molecule has 0 aliphatic carbocycles. The highest BCUT2D eigenvalue weighted by atomic mass is 15.1. The average Bonchev–Trinajstić information content (AvgIpc) is 3.68. The number of benzene rings is 8. The number of rotatable bonds is 5. The van der Waals surface area contributed by atoms with Gasteiger partial charge >= 0.3 is 0 Å². The number of anilines is 3. The quantitative estimate of drug-likeness (QED) is 0.185. The van der Waals surface area contributed by atoms with Gasteiger partial charge in [0.2, 0.25) is 0 Å². The Hall–Kier alpha value is -6.58. The van der Waals surface area contributed by atoms with E-state index in [0.29, 0.717) is 0 Å². The van der Waals surface area contributed by atoms with Crippen molar-refractivity contribution < 1.29 is 0 Å². The van der Waals surface area contributed by atoms with E-state index in [0.717, 1.165) is 28.4 Å². The first-order valence-corrected chi connectivity index (χ1v) is 16.8. The Morgan fingerprint density at radius 1 is 0.306 bits per heavy atom. The lowest BCUT2D eigenvalue weighted by Gasteiger charge is -2.27. The van der Waals surface area contributed by atoms with Crippen LogP contribution in [-0.2, 0) is 0 Å². The molecule has 3 heteroatoms. The van der Waals surface area contributed by atoms with Gasteiger partial charge in [0.15, 0.2) is 0 Å². The Morgan fingerprint density at radius 3 is 1.51 bits per heavy atom. The van der Waals surface area contributed by atoms with Gasteiger partial charge in [-0.05, 0) is 78.2 Å². The van der Waals surface area contributed by atoms with E-state index in [1.165, 1.54) is 54.4 Å². The van der Waals surface area contributed by atoms with Crippen molar-refractivity contribution in [3.05, 3.63) is 188 Å². The fourth-order valence-electron chi connectivity index (χ4n) is 7.76. The summed E-state index contributed by atoms with van der Waals surface area (Å²) in [5.74, 6) is 0. The Balaban J connectivity index is 1.24. The number of hydrogen-bond donors (Lipinski definition) is 0. The van der Waals surface area contributed by atoms with Crippen LogP contribution in [-0.4, -0.2) is 9.13 Å². The van der Waals surface area contributed by atoms with Gasteiger partial charge in [-0.25, -0.2) is 0 Å². The molecule has 0 atom stereocenters. The lowest BCUT2D eigenvalue weighted by Crippen LogP contribution is -2.11. The van der Waals surface area contributed by atoms with Crippen molar-refractivity contribution in [3.63, 3.8) is 0 Å². The highest BCUT2D eigenvalue weighted by Crippen LogP contribution is 2.43. The smallest absolute Gasteiger partial charge is 0.0542 e. The molecule has 49 heavy (non-hydrogen) atoms. The Morgan fingerprint density at radius 2 is 0.796 bits per heavy atom. The maximum Gasteiger partial charge on any atom is 0.0542 e. The number of para-hydroxylation sites is 4. The summed E-state index contributed by atoms with van der Waals surface area (Å²) in [6, 6.07) is 68.0. The summed E-state index contributed by atoms with van der Waals surface area (Å²) in [5, 5.41) is 7.40. The van der Waals surface area contributed by atoms with Crippen molar-refractivity contribution in [2.45, 2.75) is 0 Å². The van der Waals surface area contributed by atoms with Crippen molar-refractivity contribution >= 4 is 71.4 Å². The van der Waals surface area contributed by atoms with E-state index in [9.17, 15) is 0 Å². The van der Waals surface area contributed by atoms with Crippen LogP contribution >= 0.6 is 0 Å². The maximum absolute atomic E-state index is 2.42. The van der Waals surface area contributed by atoms with Crippen molar-refractivity contribution in [2.24, 2.45) is 0 Å². The number of nitrogens with zero attached hydrogens (tertiary/aromatic N) is 3. The highest BCUT2D eigenvalue weighted by molar-refractivity contribution is 6.12. The Bertz CT molecular complexity index is 2780. The van der Waals surface area contributed by atoms with Gasteiger partial charge in [0.25, 0.3) is 0 Å². The molecule has 3 nitrogen and oxygen atoms in total. The molecule has 0 radical (unpaired) electrons. The molecular formula is C46H31N3. The fraction of sp³-hybridized carbons (Fsp3) is 0. The summed E-state index contributed by atoms with van der Waals surface area (Å²) in [6.45, 7) is 0. The van der Waals surface area contributed by atoms with Crippen molar-refractivity contribution in [2.75, 3.05) is 4.90 Å². The largest absolute Gasteiger partial charge is 0.310 e. The van der Waals surface area contributed by atoms with Crippen molar-refractivity contribution in [1.29, 1.82) is 0 Å². The first-order valence-electron chi connectivity index (χ1n) is 16.8. The Labute approximate surface area is 284 Å². The van der Waals surface area contributed by atoms with Crippen LogP contribution in [0.25, 0.3) is 65.8 Å². The average molecular weight is 626 g/mol. The molecule has 0 saturated heterocycles. The number of aromatic nitrogens is 2. The van der Waals surface area contributed by atoms with Gasteiger partial charge < -0.3 is 14.0 Å². The first-order chi connectivity index (χ1) is 24.3. The molecule has 0 amide bonds. The van der Waals surface area contributed by atoms with Gasteiger partial charge in [-0.15, -0.1) is 0 Å². The Kier molecular flexibility index (Phi) is 6.18.